The van der Waals surface area contributed by atoms with Crippen molar-refractivity contribution in [2.24, 2.45) is 42.5 Å². The van der Waals surface area contributed by atoms with Gasteiger partial charge in [-0.2, -0.15) is 40.6 Å². The fourth-order valence-electron chi connectivity index (χ4n) is 10.8. The fourth-order valence-corrected chi connectivity index (χ4v) is 12.9. The van der Waals surface area contributed by atoms with Crippen LogP contribution in [-0.4, -0.2) is 67.9 Å². The maximum Gasteiger partial charge on any atom is 0.281 e. The van der Waals surface area contributed by atoms with Crippen LogP contribution in [-0.2, 0) is 67.2 Å². The van der Waals surface area contributed by atoms with Gasteiger partial charge in [0, 0.05) is 48.2 Å². The minimum absolute atomic E-state index is 0.00960. The van der Waals surface area contributed by atoms with E-state index in [2.05, 4.69) is 39.4 Å². The molecule has 24 nitrogen and oxygen atoms in total. The molecule has 0 amide bonds. The molecule has 0 aliphatic heterocycles. The Kier molecular flexibility index (Phi) is 21.1. The summed E-state index contributed by atoms with van der Waals surface area (Å²) >= 11 is 0. The first-order chi connectivity index (χ1) is 39.5. The predicted molar refractivity (Wildman–Crippen MR) is 318 cm³/mol. The van der Waals surface area contributed by atoms with E-state index in [1.807, 2.05) is 50.2 Å². The lowest BCUT2D eigenvalue weighted by Crippen LogP contribution is -2.22. The highest BCUT2D eigenvalue weighted by atomic mass is 32.2. The number of hydrogen-bond donors (Lipinski definition) is 6. The average Bonchev–Trinajstić information content (AvgIpc) is 2.69. The second-order valence-corrected chi connectivity index (χ2v) is 24.7. The molecular weight excluding hydrogens is 1150 g/mol. The van der Waals surface area contributed by atoms with Crippen molar-refractivity contribution in [3.8, 4) is 17.6 Å². The van der Waals surface area contributed by atoms with Gasteiger partial charge in [-0.1, -0.05) is 89.8 Å². The molecule has 0 bridgehead atoms. The summed E-state index contributed by atoms with van der Waals surface area (Å²) in [5.74, 6) is -5.51. The summed E-state index contributed by atoms with van der Waals surface area (Å²) in [6.45, 7) is 17.0. The van der Waals surface area contributed by atoms with Gasteiger partial charge in [-0.25, -0.2) is 0 Å². The minimum Gasteiger partial charge on any atom is -0.494 e. The molecule has 3 heterocycles. The molecule has 0 radical (unpaired) electrons. The molecular formula is C57H71N9O15S3. The smallest absolute Gasteiger partial charge is 0.281 e. The van der Waals surface area contributed by atoms with Crippen LogP contribution >= 0.6 is 0 Å². The summed E-state index contributed by atoms with van der Waals surface area (Å²) in [4.78, 5) is 40.9. The molecule has 0 aliphatic carbocycles. The lowest BCUT2D eigenvalue weighted by atomic mass is 9.74. The van der Waals surface area contributed by atoms with E-state index in [1.165, 1.54) is 20.8 Å². The maximum absolute atomic E-state index is 14.0. The predicted octanol–water partition coefficient (Wildman–Crippen LogP) is 11.8. The van der Waals surface area contributed by atoms with Crippen molar-refractivity contribution < 1.29 is 54.2 Å². The van der Waals surface area contributed by atoms with Crippen molar-refractivity contribution in [2.45, 2.75) is 144 Å². The number of benzene rings is 3. The van der Waals surface area contributed by atoms with Gasteiger partial charge in [0.05, 0.1) is 17.1 Å². The number of aromatic nitrogens is 3. The number of hydrogen-bond acceptors (Lipinski definition) is 18. The monoisotopic (exact) mass is 1220 g/mol. The van der Waals surface area contributed by atoms with E-state index >= 15 is 0 Å². The molecule has 6 aromatic rings. The first kappa shape index (κ1) is 65.6. The Balaban J connectivity index is 1.55. The average molecular weight is 1220 g/mol. The van der Waals surface area contributed by atoms with Gasteiger partial charge in [0.25, 0.3) is 47.0 Å². The third kappa shape index (κ3) is 14.7. The van der Waals surface area contributed by atoms with Crippen LogP contribution in [0.25, 0.3) is 0 Å². The largest absolute Gasteiger partial charge is 0.494 e. The van der Waals surface area contributed by atoms with Crippen LogP contribution in [0.3, 0.4) is 0 Å². The van der Waals surface area contributed by atoms with Crippen LogP contribution < -0.4 is 16.7 Å². The van der Waals surface area contributed by atoms with Crippen LogP contribution in [0.5, 0.6) is 17.6 Å². The second-order valence-electron chi connectivity index (χ2n) is 20.4. The van der Waals surface area contributed by atoms with Crippen molar-refractivity contribution in [3.05, 3.63) is 153 Å². The second kappa shape index (κ2) is 27.0. The number of azo groups is 3. The standard InChI is InChI=1S/C57H71N9O15S3/c1-11-35(12-2)47(37-18-23-40(24-19-37)58-61-49-32(8)43(29-82(73,74)75)52(67)64(15-5)55(49)70)39-22-27-46(60-63-51-34(10)45(31-84(79,80)81)54(69)66(17-7)57(51)72)42(28-39)48(36(13-3)14-4)38-20-25-41(26-21-38)59-62-50-33(9)44(30-83(76,77)78)53(68)65(16-6)56(50)71/h18-28,35-36,47-48,67-69H,11-17,29-31H2,1-10H3,(H,73,74,75)(H,76,77,78)(H,79,80,81). The zero-order valence-corrected chi connectivity index (χ0v) is 50.8. The highest BCUT2D eigenvalue weighted by Crippen LogP contribution is 2.46. The van der Waals surface area contributed by atoms with E-state index in [1.54, 1.807) is 51.1 Å². The van der Waals surface area contributed by atoms with Gasteiger partial charge in [-0.3, -0.25) is 41.7 Å². The Bertz CT molecular complexity index is 4080. The summed E-state index contributed by atoms with van der Waals surface area (Å²) in [6.07, 6.45) is 2.82. The van der Waals surface area contributed by atoms with Gasteiger partial charge in [-0.15, -0.1) is 15.3 Å². The molecule has 84 heavy (non-hydrogen) atoms. The Morgan fingerprint density at radius 2 is 0.714 bits per heavy atom. The van der Waals surface area contributed by atoms with Crippen molar-refractivity contribution in [1.82, 2.24) is 13.7 Å². The Hall–Kier alpha value is -7.56. The van der Waals surface area contributed by atoms with Crippen molar-refractivity contribution in [2.75, 3.05) is 0 Å². The highest BCUT2D eigenvalue weighted by molar-refractivity contribution is 7.85. The summed E-state index contributed by atoms with van der Waals surface area (Å²) < 4.78 is 104. The quantitative estimate of drug-likeness (QED) is 0.0229. The number of pyridine rings is 3. The van der Waals surface area contributed by atoms with Crippen LogP contribution in [0.2, 0.25) is 0 Å². The zero-order valence-electron chi connectivity index (χ0n) is 48.3. The van der Waals surface area contributed by atoms with E-state index in [0.717, 1.165) is 43.2 Å². The third-order valence-corrected chi connectivity index (χ3v) is 17.3. The molecule has 3 aromatic heterocycles. The number of aromatic hydroxyl groups is 3. The number of rotatable bonds is 25. The Morgan fingerprint density at radius 3 is 1.02 bits per heavy atom. The minimum atomic E-state index is -4.69. The van der Waals surface area contributed by atoms with E-state index in [-0.39, 0.29) is 87.8 Å². The molecule has 2 atom stereocenters. The van der Waals surface area contributed by atoms with Gasteiger partial charge in [0.1, 0.15) is 17.3 Å². The van der Waals surface area contributed by atoms with E-state index in [0.29, 0.717) is 35.5 Å². The lowest BCUT2D eigenvalue weighted by molar-refractivity contribution is 0.403. The van der Waals surface area contributed by atoms with E-state index in [9.17, 15) is 68.6 Å². The van der Waals surface area contributed by atoms with Crippen molar-refractivity contribution in [3.63, 3.8) is 0 Å². The summed E-state index contributed by atoms with van der Waals surface area (Å²) in [6, 6.07) is 20.0. The van der Waals surface area contributed by atoms with E-state index in [4.69, 9.17) is 5.11 Å². The molecule has 0 aliphatic rings. The molecule has 27 heteroatoms. The fraction of sp³-hybridized carbons (Fsp3) is 0.421. The van der Waals surface area contributed by atoms with Gasteiger partial charge in [0.15, 0.2) is 34.7 Å². The molecule has 6 rings (SSSR count). The SMILES string of the molecule is CCC(CC)C(c1ccc(N=Nc2c(C)c(CS(=O)(=O)O)c(O)n(CC)c2=O)cc1)c1ccc(N=Nc2c(C)c(CS(=O)(=O)O)c(O)n(CC)c2=O)c(C(c2ccc(N=Nc3c(C)c(CS(=O)(=O)O)c(O)n(CC)c3=O)cc2)C(CC)CC)c1. The Labute approximate surface area is 487 Å². The first-order valence-corrected chi connectivity index (χ1v) is 32.1. The Morgan fingerprint density at radius 1 is 0.417 bits per heavy atom. The third-order valence-electron chi connectivity index (χ3n) is 15.4. The highest BCUT2D eigenvalue weighted by Gasteiger charge is 2.31. The van der Waals surface area contributed by atoms with Gasteiger partial charge in [-0.05, 0) is 123 Å². The van der Waals surface area contributed by atoms with Gasteiger partial charge < -0.3 is 15.3 Å². The summed E-state index contributed by atoms with van der Waals surface area (Å²) in [5.41, 5.74) is 0.665. The molecule has 0 spiro atoms. The van der Waals surface area contributed by atoms with Crippen LogP contribution in [0.4, 0.5) is 34.1 Å². The van der Waals surface area contributed by atoms with Crippen molar-refractivity contribution in [1.29, 1.82) is 0 Å². The van der Waals surface area contributed by atoms with E-state index < -0.39 is 87.8 Å². The first-order valence-electron chi connectivity index (χ1n) is 27.3. The van der Waals surface area contributed by atoms with Gasteiger partial charge >= 0.3 is 0 Å². The van der Waals surface area contributed by atoms with Crippen molar-refractivity contribution >= 4 is 64.5 Å². The van der Waals surface area contributed by atoms with Crippen LogP contribution in [0, 0.1) is 32.6 Å². The van der Waals surface area contributed by atoms with Gasteiger partial charge in [0.2, 0.25) is 0 Å². The maximum atomic E-state index is 14.0. The molecule has 2 unspecified atom stereocenters. The normalized spacial score (nSPS) is 13.4. The molecule has 452 valence electrons. The molecule has 3 aromatic carbocycles. The molecule has 0 fully saturated rings. The lowest BCUT2D eigenvalue weighted by Gasteiger charge is -2.31. The zero-order chi connectivity index (χ0) is 62.3. The molecule has 0 saturated carbocycles. The molecule has 0 saturated heterocycles. The number of nitrogens with zero attached hydrogens (tertiary/aromatic N) is 9. The summed E-state index contributed by atoms with van der Waals surface area (Å²) in [7, 11) is -13.9. The van der Waals surface area contributed by atoms with Crippen LogP contribution in [0.15, 0.2) is 112 Å². The van der Waals surface area contributed by atoms with Crippen LogP contribution in [0.1, 0.15) is 142 Å². The molecule has 6 N–H and O–H groups in total. The topological polar surface area (TPSA) is 364 Å². The summed E-state index contributed by atoms with van der Waals surface area (Å²) in [5, 5.41) is 58.9.